The van der Waals surface area contributed by atoms with Gasteiger partial charge in [-0.25, -0.2) is 0 Å². The number of ether oxygens (including phenoxy) is 1. The molecule has 0 aromatic heterocycles. The molecule has 4 nitrogen and oxygen atoms in total. The van der Waals surface area contributed by atoms with Crippen LogP contribution in [0.3, 0.4) is 0 Å². The summed E-state index contributed by atoms with van der Waals surface area (Å²) in [6.07, 6.45) is 0.743. The van der Waals surface area contributed by atoms with E-state index in [1.807, 2.05) is 37.3 Å². The molecule has 0 amide bonds. The first-order valence-corrected chi connectivity index (χ1v) is 7.47. The van der Waals surface area contributed by atoms with Gasteiger partial charge in [0.05, 0.1) is 5.92 Å². The van der Waals surface area contributed by atoms with E-state index in [1.165, 1.54) is 0 Å². The molecule has 1 unspecified atom stereocenters. The predicted octanol–water partition coefficient (Wildman–Crippen LogP) is 2.36. The van der Waals surface area contributed by atoms with Crippen LogP contribution in [0.15, 0.2) is 30.3 Å². The first-order chi connectivity index (χ1) is 9.94. The van der Waals surface area contributed by atoms with Gasteiger partial charge in [-0.3, -0.25) is 4.79 Å². The van der Waals surface area contributed by atoms with Gasteiger partial charge in [0.2, 0.25) is 0 Å². The molecule has 0 aliphatic carbocycles. The Labute approximate surface area is 127 Å². The monoisotopic (exact) mass is 293 g/mol. The standard InChI is InChI=1S/C17H27NO3/c1-14(11-18-13-17(2,3)9-10-19)16(20)21-12-15-7-5-4-6-8-15/h4-8,14,18-19H,9-13H2,1-3H3. The number of aliphatic hydroxyl groups excluding tert-OH is 1. The summed E-state index contributed by atoms with van der Waals surface area (Å²) in [5.74, 6) is -0.370. The molecule has 1 aromatic rings. The lowest BCUT2D eigenvalue weighted by molar-refractivity contribution is -0.149. The SMILES string of the molecule is CC(CNCC(C)(C)CCO)C(=O)OCc1ccccc1. The van der Waals surface area contributed by atoms with Crippen LogP contribution in [0.25, 0.3) is 0 Å². The number of rotatable bonds is 9. The van der Waals surface area contributed by atoms with E-state index in [9.17, 15) is 4.79 Å². The quantitative estimate of drug-likeness (QED) is 0.686. The molecule has 0 spiro atoms. The summed E-state index contributed by atoms with van der Waals surface area (Å²) in [6.45, 7) is 7.90. The molecular weight excluding hydrogens is 266 g/mol. The molecule has 0 bridgehead atoms. The van der Waals surface area contributed by atoms with Crippen LogP contribution in [-0.2, 0) is 16.1 Å². The number of carbonyl (C=O) groups excluding carboxylic acids is 1. The van der Waals surface area contributed by atoms with Crippen molar-refractivity contribution in [3.05, 3.63) is 35.9 Å². The van der Waals surface area contributed by atoms with E-state index in [4.69, 9.17) is 9.84 Å². The van der Waals surface area contributed by atoms with Crippen molar-refractivity contribution in [1.29, 1.82) is 0 Å². The summed E-state index contributed by atoms with van der Waals surface area (Å²) in [5, 5.41) is 12.3. The van der Waals surface area contributed by atoms with Crippen molar-refractivity contribution >= 4 is 5.97 Å². The molecule has 0 radical (unpaired) electrons. The van der Waals surface area contributed by atoms with E-state index >= 15 is 0 Å². The normalized spacial score (nSPS) is 13.0. The highest BCUT2D eigenvalue weighted by Crippen LogP contribution is 2.18. The Morgan fingerprint density at radius 3 is 2.62 bits per heavy atom. The van der Waals surface area contributed by atoms with Crippen LogP contribution >= 0.6 is 0 Å². The third kappa shape index (κ3) is 7.25. The summed E-state index contributed by atoms with van der Waals surface area (Å²) in [6, 6.07) is 9.67. The van der Waals surface area contributed by atoms with Crippen molar-refractivity contribution in [2.45, 2.75) is 33.8 Å². The summed E-state index contributed by atoms with van der Waals surface area (Å²) < 4.78 is 5.30. The van der Waals surface area contributed by atoms with E-state index in [1.54, 1.807) is 0 Å². The van der Waals surface area contributed by atoms with E-state index in [-0.39, 0.29) is 23.9 Å². The van der Waals surface area contributed by atoms with Gasteiger partial charge in [-0.05, 0) is 17.4 Å². The number of hydrogen-bond acceptors (Lipinski definition) is 4. The molecule has 2 N–H and O–H groups in total. The molecular formula is C17H27NO3. The van der Waals surface area contributed by atoms with Gasteiger partial charge in [-0.2, -0.15) is 0 Å². The summed E-state index contributed by atoms with van der Waals surface area (Å²) in [4.78, 5) is 11.9. The molecule has 21 heavy (non-hydrogen) atoms. The van der Waals surface area contributed by atoms with Crippen LogP contribution in [-0.4, -0.2) is 30.8 Å². The van der Waals surface area contributed by atoms with Crippen molar-refractivity contribution in [2.75, 3.05) is 19.7 Å². The zero-order chi connectivity index (χ0) is 15.7. The molecule has 1 rings (SSSR count). The van der Waals surface area contributed by atoms with Gasteiger partial charge in [0, 0.05) is 19.7 Å². The Balaban J connectivity index is 2.25. The van der Waals surface area contributed by atoms with Gasteiger partial charge in [0.15, 0.2) is 0 Å². The van der Waals surface area contributed by atoms with Crippen molar-refractivity contribution in [2.24, 2.45) is 11.3 Å². The van der Waals surface area contributed by atoms with Crippen molar-refractivity contribution in [3.8, 4) is 0 Å². The van der Waals surface area contributed by atoms with Gasteiger partial charge in [-0.1, -0.05) is 51.1 Å². The zero-order valence-electron chi connectivity index (χ0n) is 13.3. The van der Waals surface area contributed by atoms with E-state index < -0.39 is 0 Å². The van der Waals surface area contributed by atoms with E-state index in [0.717, 1.165) is 18.5 Å². The maximum Gasteiger partial charge on any atom is 0.310 e. The van der Waals surface area contributed by atoms with Crippen LogP contribution in [0.4, 0.5) is 0 Å². The first-order valence-electron chi connectivity index (χ1n) is 7.47. The van der Waals surface area contributed by atoms with Gasteiger partial charge < -0.3 is 15.2 Å². The lowest BCUT2D eigenvalue weighted by atomic mass is 9.89. The molecule has 4 heteroatoms. The minimum Gasteiger partial charge on any atom is -0.461 e. The fourth-order valence-electron chi connectivity index (χ4n) is 1.97. The average Bonchev–Trinajstić information content (AvgIpc) is 2.45. The van der Waals surface area contributed by atoms with Crippen LogP contribution in [0, 0.1) is 11.3 Å². The third-order valence-corrected chi connectivity index (χ3v) is 3.47. The van der Waals surface area contributed by atoms with Crippen LogP contribution in [0.2, 0.25) is 0 Å². The second-order valence-corrected chi connectivity index (χ2v) is 6.26. The van der Waals surface area contributed by atoms with E-state index in [0.29, 0.717) is 13.2 Å². The molecule has 0 fully saturated rings. The Kier molecular flexibility index (Phi) is 7.40. The van der Waals surface area contributed by atoms with Crippen molar-refractivity contribution in [3.63, 3.8) is 0 Å². The molecule has 1 atom stereocenters. The fraction of sp³-hybridized carbons (Fsp3) is 0.588. The molecule has 0 aliphatic heterocycles. The maximum atomic E-state index is 11.9. The number of nitrogens with one attached hydrogen (secondary N) is 1. The van der Waals surface area contributed by atoms with Crippen LogP contribution in [0.1, 0.15) is 32.8 Å². The van der Waals surface area contributed by atoms with Gasteiger partial charge in [0.25, 0.3) is 0 Å². The first kappa shape index (κ1) is 17.7. The highest BCUT2D eigenvalue weighted by molar-refractivity contribution is 5.72. The van der Waals surface area contributed by atoms with Gasteiger partial charge >= 0.3 is 5.97 Å². The molecule has 0 saturated carbocycles. The third-order valence-electron chi connectivity index (χ3n) is 3.47. The number of benzene rings is 1. The number of aliphatic hydroxyl groups is 1. The predicted molar refractivity (Wildman–Crippen MR) is 83.8 cm³/mol. The van der Waals surface area contributed by atoms with Gasteiger partial charge in [0.1, 0.15) is 6.61 Å². The maximum absolute atomic E-state index is 11.9. The zero-order valence-corrected chi connectivity index (χ0v) is 13.3. The second kappa shape index (κ2) is 8.80. The Bertz CT molecular complexity index is 417. The number of hydrogen-bond donors (Lipinski definition) is 2. The molecule has 0 aliphatic rings. The van der Waals surface area contributed by atoms with E-state index in [2.05, 4.69) is 19.2 Å². The summed E-state index contributed by atoms with van der Waals surface area (Å²) in [7, 11) is 0. The molecule has 0 heterocycles. The Morgan fingerprint density at radius 1 is 1.33 bits per heavy atom. The smallest absolute Gasteiger partial charge is 0.310 e. The highest BCUT2D eigenvalue weighted by atomic mass is 16.5. The highest BCUT2D eigenvalue weighted by Gasteiger charge is 2.19. The number of carbonyl (C=O) groups is 1. The molecule has 0 saturated heterocycles. The minimum absolute atomic E-state index is 0.0302. The van der Waals surface area contributed by atoms with Crippen molar-refractivity contribution < 1.29 is 14.6 Å². The van der Waals surface area contributed by atoms with Crippen LogP contribution < -0.4 is 5.32 Å². The summed E-state index contributed by atoms with van der Waals surface area (Å²) >= 11 is 0. The molecule has 118 valence electrons. The lowest BCUT2D eigenvalue weighted by Crippen LogP contribution is -2.35. The Morgan fingerprint density at radius 2 is 2.00 bits per heavy atom. The average molecular weight is 293 g/mol. The minimum atomic E-state index is -0.189. The van der Waals surface area contributed by atoms with Crippen LogP contribution in [0.5, 0.6) is 0 Å². The van der Waals surface area contributed by atoms with Crippen molar-refractivity contribution in [1.82, 2.24) is 5.32 Å². The number of esters is 1. The summed E-state index contributed by atoms with van der Waals surface area (Å²) in [5.41, 5.74) is 1.03. The van der Waals surface area contributed by atoms with Gasteiger partial charge in [-0.15, -0.1) is 0 Å². The second-order valence-electron chi connectivity index (χ2n) is 6.26. The fourth-order valence-corrected chi connectivity index (χ4v) is 1.97. The Hall–Kier alpha value is -1.39. The lowest BCUT2D eigenvalue weighted by Gasteiger charge is -2.24. The molecule has 1 aromatic carbocycles. The topological polar surface area (TPSA) is 58.6 Å². The largest absolute Gasteiger partial charge is 0.461 e.